The molecule has 2 unspecified atom stereocenters. The van der Waals surface area contributed by atoms with Crippen molar-refractivity contribution >= 4 is 23.2 Å². The number of ether oxygens (including phenoxy) is 1. The van der Waals surface area contributed by atoms with E-state index in [9.17, 15) is 14.9 Å². The molecule has 0 N–H and O–H groups in total. The molecule has 0 spiro atoms. The van der Waals surface area contributed by atoms with Crippen LogP contribution in [-0.2, 0) is 0 Å². The maximum absolute atomic E-state index is 12.7. The fourth-order valence-corrected chi connectivity index (χ4v) is 5.16. The number of hydrogen-bond donors (Lipinski definition) is 0. The van der Waals surface area contributed by atoms with Gasteiger partial charge in [-0.05, 0) is 55.2 Å². The number of non-ortho nitro benzene ring substituents is 1. The number of thioether (sulfide) groups is 1. The lowest BCUT2D eigenvalue weighted by molar-refractivity contribution is -0.384. The second kappa shape index (κ2) is 10.2. The van der Waals surface area contributed by atoms with E-state index in [1.165, 1.54) is 42.4 Å². The zero-order valence-corrected chi connectivity index (χ0v) is 19.5. The summed E-state index contributed by atoms with van der Waals surface area (Å²) in [5.74, 6) is 2.13. The van der Waals surface area contributed by atoms with Gasteiger partial charge in [-0.2, -0.15) is 0 Å². The monoisotopic (exact) mass is 466 g/mol. The van der Waals surface area contributed by atoms with Gasteiger partial charge in [0.05, 0.1) is 17.8 Å². The maximum Gasteiger partial charge on any atom is 0.269 e. The summed E-state index contributed by atoms with van der Waals surface area (Å²) in [5, 5.41) is 20.5. The minimum Gasteiger partial charge on any atom is -0.497 e. The fourth-order valence-electron chi connectivity index (χ4n) is 4.27. The molecule has 1 aliphatic carbocycles. The highest BCUT2D eigenvalue weighted by atomic mass is 32.2. The van der Waals surface area contributed by atoms with Crippen LogP contribution in [0.4, 0.5) is 5.69 Å². The van der Waals surface area contributed by atoms with Crippen LogP contribution in [0.1, 0.15) is 49.0 Å². The van der Waals surface area contributed by atoms with Crippen molar-refractivity contribution in [1.29, 1.82) is 0 Å². The molecular formula is C24H26N4O4S. The highest BCUT2D eigenvalue weighted by Crippen LogP contribution is 2.39. The molecule has 0 amide bonds. The first kappa shape index (κ1) is 23.0. The molecule has 172 valence electrons. The Morgan fingerprint density at radius 3 is 2.45 bits per heavy atom. The predicted molar refractivity (Wildman–Crippen MR) is 127 cm³/mol. The minimum absolute atomic E-state index is 0.0330. The molecule has 0 radical (unpaired) electrons. The van der Waals surface area contributed by atoms with Crippen LogP contribution in [0.5, 0.6) is 5.75 Å². The maximum atomic E-state index is 12.7. The van der Waals surface area contributed by atoms with Gasteiger partial charge >= 0.3 is 0 Å². The molecule has 1 saturated carbocycles. The van der Waals surface area contributed by atoms with Crippen LogP contribution in [0.3, 0.4) is 0 Å². The predicted octanol–water partition coefficient (Wildman–Crippen LogP) is 5.59. The Kier molecular flexibility index (Phi) is 7.08. The summed E-state index contributed by atoms with van der Waals surface area (Å²) in [4.78, 5) is 23.1. The van der Waals surface area contributed by atoms with Crippen LogP contribution in [-0.4, -0.2) is 38.3 Å². The highest BCUT2D eigenvalue weighted by Gasteiger charge is 2.29. The van der Waals surface area contributed by atoms with Crippen LogP contribution >= 0.6 is 11.8 Å². The van der Waals surface area contributed by atoms with Crippen LogP contribution in [0.2, 0.25) is 0 Å². The first-order chi connectivity index (χ1) is 16.0. The van der Waals surface area contributed by atoms with Crippen molar-refractivity contribution in [2.75, 3.05) is 12.9 Å². The standard InChI is InChI=1S/C24H26N4O4S/c1-16-5-3-4-6-21(16)27-23(18-9-13-20(32-2)14-10-18)25-26-24(27)33-15-22(29)17-7-11-19(12-8-17)28(30)31/h7-14,16,21H,3-6,15H2,1-2H3. The first-order valence-electron chi connectivity index (χ1n) is 11.0. The average molecular weight is 467 g/mol. The third-order valence-electron chi connectivity index (χ3n) is 6.14. The third kappa shape index (κ3) is 5.08. The minimum atomic E-state index is -0.475. The highest BCUT2D eigenvalue weighted by molar-refractivity contribution is 7.99. The summed E-state index contributed by atoms with van der Waals surface area (Å²) in [6, 6.07) is 13.7. The number of carbonyl (C=O) groups is 1. The Bertz CT molecular complexity index is 1130. The molecule has 1 fully saturated rings. The van der Waals surface area contributed by atoms with Crippen LogP contribution in [0.15, 0.2) is 53.7 Å². The molecule has 0 aliphatic heterocycles. The zero-order valence-electron chi connectivity index (χ0n) is 18.6. The van der Waals surface area contributed by atoms with E-state index in [0.29, 0.717) is 11.5 Å². The largest absolute Gasteiger partial charge is 0.497 e. The molecule has 1 aromatic heterocycles. The molecule has 0 saturated heterocycles. The first-order valence-corrected chi connectivity index (χ1v) is 12.0. The number of nitro benzene ring substituents is 1. The van der Waals surface area contributed by atoms with Crippen molar-refractivity contribution in [3.8, 4) is 17.1 Å². The number of benzene rings is 2. The topological polar surface area (TPSA) is 100 Å². The normalized spacial score (nSPS) is 18.1. The Morgan fingerprint density at radius 2 is 1.82 bits per heavy atom. The molecule has 9 heteroatoms. The van der Waals surface area contributed by atoms with Crippen molar-refractivity contribution in [3.05, 3.63) is 64.2 Å². The summed E-state index contributed by atoms with van der Waals surface area (Å²) in [7, 11) is 1.64. The third-order valence-corrected chi connectivity index (χ3v) is 7.09. The van der Waals surface area contributed by atoms with Crippen molar-refractivity contribution in [2.24, 2.45) is 5.92 Å². The molecule has 0 bridgehead atoms. The van der Waals surface area contributed by atoms with Gasteiger partial charge in [0.25, 0.3) is 5.69 Å². The molecule has 1 heterocycles. The number of aromatic nitrogens is 3. The number of rotatable bonds is 8. The fraction of sp³-hybridized carbons (Fsp3) is 0.375. The van der Waals surface area contributed by atoms with E-state index < -0.39 is 4.92 Å². The number of nitro groups is 1. The molecule has 33 heavy (non-hydrogen) atoms. The summed E-state index contributed by atoms with van der Waals surface area (Å²) in [6.07, 6.45) is 4.57. The lowest BCUT2D eigenvalue weighted by Gasteiger charge is -2.31. The summed E-state index contributed by atoms with van der Waals surface area (Å²) >= 11 is 1.36. The number of Topliss-reactive ketones (excluding diaryl/α,β-unsaturated/α-hetero) is 1. The van der Waals surface area contributed by atoms with Crippen molar-refractivity contribution in [1.82, 2.24) is 14.8 Å². The molecule has 3 aromatic rings. The SMILES string of the molecule is COc1ccc(-c2nnc(SCC(=O)c3ccc([N+](=O)[O-])cc3)n2C2CCCCC2C)cc1. The van der Waals surface area contributed by atoms with Gasteiger partial charge in [0, 0.05) is 29.3 Å². The average Bonchev–Trinajstić information content (AvgIpc) is 3.26. The Balaban J connectivity index is 1.59. The van der Waals surface area contributed by atoms with E-state index in [1.54, 1.807) is 7.11 Å². The second-order valence-corrected chi connectivity index (χ2v) is 9.19. The zero-order chi connectivity index (χ0) is 23.4. The quantitative estimate of drug-likeness (QED) is 0.185. The molecule has 4 rings (SSSR count). The smallest absolute Gasteiger partial charge is 0.269 e. The van der Waals surface area contributed by atoms with Gasteiger partial charge in [0.1, 0.15) is 5.75 Å². The van der Waals surface area contributed by atoms with E-state index in [4.69, 9.17) is 4.74 Å². The Morgan fingerprint density at radius 1 is 1.12 bits per heavy atom. The van der Waals surface area contributed by atoms with Gasteiger partial charge in [-0.3, -0.25) is 19.5 Å². The summed E-state index contributed by atoms with van der Waals surface area (Å²) < 4.78 is 7.47. The van der Waals surface area contributed by atoms with E-state index in [2.05, 4.69) is 21.7 Å². The van der Waals surface area contributed by atoms with Crippen molar-refractivity contribution < 1.29 is 14.5 Å². The van der Waals surface area contributed by atoms with Gasteiger partial charge in [-0.25, -0.2) is 0 Å². The van der Waals surface area contributed by atoms with Gasteiger partial charge in [-0.15, -0.1) is 10.2 Å². The number of carbonyl (C=O) groups excluding carboxylic acids is 1. The lowest BCUT2D eigenvalue weighted by Crippen LogP contribution is -2.22. The van der Waals surface area contributed by atoms with Crippen LogP contribution in [0.25, 0.3) is 11.4 Å². The molecule has 1 aliphatic rings. The molecule has 2 aromatic carbocycles. The van der Waals surface area contributed by atoms with Gasteiger partial charge in [0.2, 0.25) is 0 Å². The van der Waals surface area contributed by atoms with Crippen molar-refractivity contribution in [2.45, 2.75) is 43.8 Å². The molecule has 2 atom stereocenters. The van der Waals surface area contributed by atoms with E-state index in [-0.39, 0.29) is 23.3 Å². The second-order valence-electron chi connectivity index (χ2n) is 8.25. The molecular weight excluding hydrogens is 440 g/mol. The summed E-state index contributed by atoms with van der Waals surface area (Å²) in [6.45, 7) is 2.26. The van der Waals surface area contributed by atoms with Crippen LogP contribution < -0.4 is 4.74 Å². The van der Waals surface area contributed by atoms with Crippen molar-refractivity contribution in [3.63, 3.8) is 0 Å². The number of methoxy groups -OCH3 is 1. The number of ketones is 1. The van der Waals surface area contributed by atoms with Gasteiger partial charge in [-0.1, -0.05) is 31.5 Å². The Hall–Kier alpha value is -3.20. The number of hydrogen-bond acceptors (Lipinski definition) is 7. The van der Waals surface area contributed by atoms with E-state index in [1.807, 2.05) is 24.3 Å². The Labute approximate surface area is 196 Å². The van der Waals surface area contributed by atoms with Gasteiger partial charge < -0.3 is 4.74 Å². The lowest BCUT2D eigenvalue weighted by atomic mass is 9.85. The number of nitrogens with zero attached hydrogens (tertiary/aromatic N) is 4. The van der Waals surface area contributed by atoms with Gasteiger partial charge in [0.15, 0.2) is 16.8 Å². The molecule has 8 nitrogen and oxygen atoms in total. The van der Waals surface area contributed by atoms with E-state index >= 15 is 0 Å². The van der Waals surface area contributed by atoms with Crippen LogP contribution in [0, 0.1) is 16.0 Å². The van der Waals surface area contributed by atoms with E-state index in [0.717, 1.165) is 41.6 Å². The summed E-state index contributed by atoms with van der Waals surface area (Å²) in [5.41, 5.74) is 1.37.